The molecule has 0 unspecified atom stereocenters. The summed E-state index contributed by atoms with van der Waals surface area (Å²) in [5.41, 5.74) is 2.43. The number of hydrogen-bond donors (Lipinski definition) is 1. The predicted octanol–water partition coefficient (Wildman–Crippen LogP) is 3.79. The highest BCUT2D eigenvalue weighted by molar-refractivity contribution is 7.18. The SMILES string of the molecule is CCOC(=O)c1ccc(Nc2nc3sc4c(c3c(=O)n2C)CCCC4)cc1. The van der Waals surface area contributed by atoms with Crippen molar-refractivity contribution in [3.05, 3.63) is 50.6 Å². The number of thiophene rings is 1. The quantitative estimate of drug-likeness (QED) is 0.694. The summed E-state index contributed by atoms with van der Waals surface area (Å²) < 4.78 is 6.55. The van der Waals surface area contributed by atoms with Gasteiger partial charge in [0.25, 0.3) is 5.56 Å². The van der Waals surface area contributed by atoms with Crippen LogP contribution in [-0.2, 0) is 24.6 Å². The van der Waals surface area contributed by atoms with Crippen molar-refractivity contribution in [1.82, 2.24) is 9.55 Å². The lowest BCUT2D eigenvalue weighted by atomic mass is 9.97. The monoisotopic (exact) mass is 383 g/mol. The second-order valence-corrected chi connectivity index (χ2v) is 7.70. The molecule has 0 fully saturated rings. The molecule has 0 amide bonds. The fraction of sp³-hybridized carbons (Fsp3) is 0.350. The molecule has 0 spiro atoms. The lowest BCUT2D eigenvalue weighted by Gasteiger charge is -2.12. The van der Waals surface area contributed by atoms with E-state index in [1.54, 1.807) is 54.1 Å². The number of carbonyl (C=O) groups excluding carboxylic acids is 1. The van der Waals surface area contributed by atoms with E-state index in [1.807, 2.05) is 0 Å². The molecule has 1 N–H and O–H groups in total. The van der Waals surface area contributed by atoms with Crippen molar-refractivity contribution >= 4 is 39.2 Å². The van der Waals surface area contributed by atoms with E-state index in [0.29, 0.717) is 18.1 Å². The molecule has 0 bridgehead atoms. The van der Waals surface area contributed by atoms with Gasteiger partial charge in [-0.15, -0.1) is 11.3 Å². The molecule has 0 saturated carbocycles. The summed E-state index contributed by atoms with van der Waals surface area (Å²) in [7, 11) is 1.73. The number of rotatable bonds is 4. The first-order valence-electron chi connectivity index (χ1n) is 9.14. The topological polar surface area (TPSA) is 73.2 Å². The van der Waals surface area contributed by atoms with E-state index in [9.17, 15) is 9.59 Å². The summed E-state index contributed by atoms with van der Waals surface area (Å²) in [4.78, 5) is 31.5. The first-order valence-corrected chi connectivity index (χ1v) is 9.95. The van der Waals surface area contributed by atoms with E-state index in [4.69, 9.17) is 9.72 Å². The van der Waals surface area contributed by atoms with Crippen molar-refractivity contribution in [3.63, 3.8) is 0 Å². The van der Waals surface area contributed by atoms with Crippen molar-refractivity contribution in [2.45, 2.75) is 32.6 Å². The Balaban J connectivity index is 1.67. The molecule has 0 atom stereocenters. The van der Waals surface area contributed by atoms with Gasteiger partial charge in [-0.3, -0.25) is 9.36 Å². The minimum Gasteiger partial charge on any atom is -0.462 e. The van der Waals surface area contributed by atoms with E-state index >= 15 is 0 Å². The van der Waals surface area contributed by atoms with Crippen LogP contribution in [0.4, 0.5) is 11.6 Å². The molecule has 0 radical (unpaired) electrons. The zero-order chi connectivity index (χ0) is 19.0. The third-order valence-corrected chi connectivity index (χ3v) is 6.03. The van der Waals surface area contributed by atoms with Gasteiger partial charge >= 0.3 is 5.97 Å². The van der Waals surface area contributed by atoms with Crippen LogP contribution in [0.1, 0.15) is 40.6 Å². The number of esters is 1. The number of anilines is 2. The molecule has 1 aliphatic rings. The maximum absolute atomic E-state index is 12.9. The van der Waals surface area contributed by atoms with Gasteiger partial charge in [-0.2, -0.15) is 0 Å². The van der Waals surface area contributed by atoms with Crippen LogP contribution in [0, 0.1) is 0 Å². The zero-order valence-corrected chi connectivity index (χ0v) is 16.2. The van der Waals surface area contributed by atoms with E-state index in [1.165, 1.54) is 16.9 Å². The summed E-state index contributed by atoms with van der Waals surface area (Å²) in [5, 5.41) is 3.97. The lowest BCUT2D eigenvalue weighted by molar-refractivity contribution is 0.0526. The number of aryl methyl sites for hydroxylation is 2. The molecule has 1 aromatic carbocycles. The van der Waals surface area contributed by atoms with Crippen LogP contribution in [0.25, 0.3) is 10.2 Å². The lowest BCUT2D eigenvalue weighted by Crippen LogP contribution is -2.21. The van der Waals surface area contributed by atoms with Crippen molar-refractivity contribution in [2.24, 2.45) is 7.05 Å². The van der Waals surface area contributed by atoms with Gasteiger partial charge in [0, 0.05) is 17.6 Å². The van der Waals surface area contributed by atoms with E-state index in [2.05, 4.69) is 5.32 Å². The molecule has 0 saturated heterocycles. The maximum Gasteiger partial charge on any atom is 0.338 e. The van der Waals surface area contributed by atoms with Crippen LogP contribution in [0.5, 0.6) is 0 Å². The largest absolute Gasteiger partial charge is 0.462 e. The highest BCUT2D eigenvalue weighted by Crippen LogP contribution is 2.34. The first kappa shape index (κ1) is 17.7. The zero-order valence-electron chi connectivity index (χ0n) is 15.4. The Morgan fingerprint density at radius 1 is 1.26 bits per heavy atom. The molecule has 0 aliphatic heterocycles. The number of fused-ring (bicyclic) bond motifs is 3. The van der Waals surface area contributed by atoms with Gasteiger partial charge in [0.15, 0.2) is 0 Å². The number of benzene rings is 1. The van der Waals surface area contributed by atoms with Crippen LogP contribution < -0.4 is 10.9 Å². The minimum atomic E-state index is -0.347. The fourth-order valence-electron chi connectivity index (χ4n) is 3.43. The van der Waals surface area contributed by atoms with E-state index in [-0.39, 0.29) is 11.5 Å². The Morgan fingerprint density at radius 2 is 2.00 bits per heavy atom. The molecule has 1 aliphatic carbocycles. The third kappa shape index (κ3) is 3.23. The van der Waals surface area contributed by atoms with Crippen molar-refractivity contribution in [2.75, 3.05) is 11.9 Å². The molecule has 2 aromatic heterocycles. The Morgan fingerprint density at radius 3 is 2.74 bits per heavy atom. The summed E-state index contributed by atoms with van der Waals surface area (Å²) in [6, 6.07) is 6.95. The summed E-state index contributed by atoms with van der Waals surface area (Å²) in [5.74, 6) is 0.148. The predicted molar refractivity (Wildman–Crippen MR) is 107 cm³/mol. The second-order valence-electron chi connectivity index (χ2n) is 6.61. The minimum absolute atomic E-state index is 0.00922. The van der Waals surface area contributed by atoms with Crippen molar-refractivity contribution < 1.29 is 9.53 Å². The molecule has 6 nitrogen and oxygen atoms in total. The van der Waals surface area contributed by atoms with Gasteiger partial charge in [0.1, 0.15) is 4.83 Å². The third-order valence-electron chi connectivity index (χ3n) is 4.85. The standard InChI is InChI=1S/C20H21N3O3S/c1-3-26-19(25)12-8-10-13(11-9-12)21-20-22-17-16(18(24)23(20)2)14-6-4-5-7-15(14)27-17/h8-11H,3-7H2,1-2H3,(H,21,22). The van der Waals surface area contributed by atoms with Gasteiger partial charge in [-0.1, -0.05) is 0 Å². The Kier molecular flexibility index (Phi) is 4.70. The van der Waals surface area contributed by atoms with Crippen LogP contribution in [0.2, 0.25) is 0 Å². The van der Waals surface area contributed by atoms with Crippen molar-refractivity contribution in [3.8, 4) is 0 Å². The Hall–Kier alpha value is -2.67. The molecule has 27 heavy (non-hydrogen) atoms. The van der Waals surface area contributed by atoms with E-state index in [0.717, 1.165) is 35.2 Å². The normalized spacial score (nSPS) is 13.4. The van der Waals surface area contributed by atoms with Crippen molar-refractivity contribution in [1.29, 1.82) is 0 Å². The molecular formula is C20H21N3O3S. The van der Waals surface area contributed by atoms with Crippen LogP contribution in [0.15, 0.2) is 29.1 Å². The molecule has 4 rings (SSSR count). The average Bonchev–Trinajstić information content (AvgIpc) is 3.05. The number of nitrogens with zero attached hydrogens (tertiary/aromatic N) is 2. The number of aromatic nitrogens is 2. The smallest absolute Gasteiger partial charge is 0.338 e. The van der Waals surface area contributed by atoms with Gasteiger partial charge in [-0.25, -0.2) is 9.78 Å². The number of hydrogen-bond acceptors (Lipinski definition) is 6. The molecule has 7 heteroatoms. The maximum atomic E-state index is 12.9. The number of ether oxygens (including phenoxy) is 1. The Labute approximate surface area is 160 Å². The summed E-state index contributed by atoms with van der Waals surface area (Å²) in [6.45, 7) is 2.12. The van der Waals surface area contributed by atoms with Gasteiger partial charge in [0.05, 0.1) is 17.6 Å². The highest BCUT2D eigenvalue weighted by atomic mass is 32.1. The van der Waals surface area contributed by atoms with Gasteiger partial charge < -0.3 is 10.1 Å². The summed E-state index contributed by atoms with van der Waals surface area (Å²) in [6.07, 6.45) is 4.32. The van der Waals surface area contributed by atoms with Crippen LogP contribution in [-0.4, -0.2) is 22.1 Å². The van der Waals surface area contributed by atoms with Gasteiger partial charge in [0.2, 0.25) is 5.95 Å². The molecule has 3 aromatic rings. The fourth-order valence-corrected chi connectivity index (χ4v) is 4.68. The number of carbonyl (C=O) groups is 1. The Bertz CT molecular complexity index is 1070. The molecular weight excluding hydrogens is 362 g/mol. The average molecular weight is 383 g/mol. The molecule has 140 valence electrons. The van der Waals surface area contributed by atoms with Gasteiger partial charge in [-0.05, 0) is 62.4 Å². The van der Waals surface area contributed by atoms with Crippen LogP contribution >= 0.6 is 11.3 Å². The highest BCUT2D eigenvalue weighted by Gasteiger charge is 2.21. The first-order chi connectivity index (χ1) is 13.1. The van der Waals surface area contributed by atoms with Crippen LogP contribution in [0.3, 0.4) is 0 Å². The molecule has 2 heterocycles. The summed E-state index contributed by atoms with van der Waals surface area (Å²) >= 11 is 1.63. The second kappa shape index (κ2) is 7.15. The number of nitrogens with one attached hydrogen (secondary N) is 1. The van der Waals surface area contributed by atoms with E-state index < -0.39 is 0 Å².